The van der Waals surface area contributed by atoms with Gasteiger partial charge in [-0.3, -0.25) is 14.5 Å². The highest BCUT2D eigenvalue weighted by molar-refractivity contribution is 7.80. The second-order valence-electron chi connectivity index (χ2n) is 11.5. The molecule has 2 N–H and O–H groups in total. The van der Waals surface area contributed by atoms with Crippen LogP contribution in [0.1, 0.15) is 42.4 Å². The van der Waals surface area contributed by atoms with Gasteiger partial charge in [-0.25, -0.2) is 9.38 Å². The number of hydrogen-bond acceptors (Lipinski definition) is 4. The molecule has 2 bridgehead atoms. The molecular formula is C33H34FN5O2S. The number of halogens is 1. The maximum Gasteiger partial charge on any atom is 0.272 e. The van der Waals surface area contributed by atoms with Crippen molar-refractivity contribution < 1.29 is 14.0 Å². The van der Waals surface area contributed by atoms with E-state index in [-0.39, 0.29) is 23.1 Å². The molecule has 9 heteroatoms. The Balaban J connectivity index is 1.35. The zero-order valence-electron chi connectivity index (χ0n) is 23.6. The number of fused-ring (bicyclic) bond motifs is 5. The molecule has 4 aliphatic rings. The van der Waals surface area contributed by atoms with Gasteiger partial charge in [0.2, 0.25) is 12.1 Å². The number of nitrogens with zero attached hydrogens (tertiary/aromatic N) is 3. The molecule has 3 aromatic rings. The minimum Gasteiger partial charge on any atom is -0.341 e. The van der Waals surface area contributed by atoms with Crippen molar-refractivity contribution >= 4 is 46.2 Å². The number of benzodiazepines with no additional fused rings is 1. The molecule has 7 nitrogen and oxygen atoms in total. The van der Waals surface area contributed by atoms with Gasteiger partial charge in [0.05, 0.1) is 11.4 Å². The smallest absolute Gasteiger partial charge is 0.272 e. The molecule has 1 aliphatic carbocycles. The molecule has 0 aromatic heterocycles. The summed E-state index contributed by atoms with van der Waals surface area (Å²) in [7, 11) is 0. The van der Waals surface area contributed by atoms with Crippen molar-refractivity contribution in [1.29, 1.82) is 0 Å². The minimum atomic E-state index is -1.19. The van der Waals surface area contributed by atoms with Crippen LogP contribution < -0.4 is 15.5 Å². The lowest BCUT2D eigenvalue weighted by atomic mass is 9.84. The third-order valence-electron chi connectivity index (χ3n) is 8.45. The molecule has 3 heterocycles. The van der Waals surface area contributed by atoms with Crippen molar-refractivity contribution in [3.8, 4) is 0 Å². The van der Waals surface area contributed by atoms with E-state index in [4.69, 9.17) is 17.2 Å². The fourth-order valence-corrected chi connectivity index (χ4v) is 6.53. The fourth-order valence-electron chi connectivity index (χ4n) is 6.30. The molecule has 1 atom stereocenters. The normalized spacial score (nSPS) is 21.6. The Bertz CT molecular complexity index is 1540. The van der Waals surface area contributed by atoms with Crippen molar-refractivity contribution in [3.63, 3.8) is 0 Å². The molecule has 1 unspecified atom stereocenters. The van der Waals surface area contributed by atoms with Gasteiger partial charge in [0.25, 0.3) is 5.91 Å². The quantitative estimate of drug-likeness (QED) is 0.400. The van der Waals surface area contributed by atoms with Crippen LogP contribution in [0.4, 0.5) is 15.8 Å². The number of thiocarbonyl (C=S) groups is 1. The summed E-state index contributed by atoms with van der Waals surface area (Å²) in [4.78, 5) is 36.2. The van der Waals surface area contributed by atoms with Gasteiger partial charge in [0.15, 0.2) is 5.11 Å². The molecule has 3 aromatic carbocycles. The number of amides is 2. The lowest BCUT2D eigenvalue weighted by Crippen LogP contribution is -2.51. The van der Waals surface area contributed by atoms with E-state index in [0.29, 0.717) is 28.8 Å². The Kier molecular flexibility index (Phi) is 8.02. The lowest BCUT2D eigenvalue weighted by Gasteiger charge is -2.29. The van der Waals surface area contributed by atoms with Gasteiger partial charge in [0, 0.05) is 29.9 Å². The third-order valence-corrected chi connectivity index (χ3v) is 8.67. The molecular weight excluding hydrogens is 549 g/mol. The number of para-hydroxylation sites is 1. The van der Waals surface area contributed by atoms with Crippen LogP contribution in [0.25, 0.3) is 0 Å². The fraction of sp³-hybridized carbons (Fsp3) is 0.333. The van der Waals surface area contributed by atoms with E-state index in [1.54, 1.807) is 24.3 Å². The van der Waals surface area contributed by atoms with Crippen molar-refractivity contribution in [2.75, 3.05) is 29.9 Å². The van der Waals surface area contributed by atoms with E-state index in [9.17, 15) is 9.59 Å². The van der Waals surface area contributed by atoms with Crippen molar-refractivity contribution in [2.45, 2.75) is 38.8 Å². The highest BCUT2D eigenvalue weighted by atomic mass is 32.1. The summed E-state index contributed by atoms with van der Waals surface area (Å²) in [5, 5.41) is 6.35. The number of carbonyl (C=O) groups excluding carboxylic acids is 2. The van der Waals surface area contributed by atoms with Crippen LogP contribution in [0.15, 0.2) is 77.8 Å². The summed E-state index contributed by atoms with van der Waals surface area (Å²) < 4.78 is 15.2. The van der Waals surface area contributed by atoms with Gasteiger partial charge in [0.1, 0.15) is 12.4 Å². The number of aliphatic imine (C=N–C) groups is 1. The van der Waals surface area contributed by atoms with Gasteiger partial charge in [-0.1, -0.05) is 42.5 Å². The van der Waals surface area contributed by atoms with Crippen LogP contribution in [0.5, 0.6) is 0 Å². The predicted molar refractivity (Wildman–Crippen MR) is 167 cm³/mol. The van der Waals surface area contributed by atoms with E-state index in [1.807, 2.05) is 54.3 Å². The summed E-state index contributed by atoms with van der Waals surface area (Å²) in [6.07, 6.45) is 3.41. The second kappa shape index (κ2) is 12.0. The first-order valence-corrected chi connectivity index (χ1v) is 14.9. The van der Waals surface area contributed by atoms with Gasteiger partial charge in [-0.2, -0.15) is 0 Å². The van der Waals surface area contributed by atoms with E-state index in [0.717, 1.165) is 50.0 Å². The van der Waals surface area contributed by atoms with Crippen LogP contribution in [-0.4, -0.2) is 53.3 Å². The zero-order valence-corrected chi connectivity index (χ0v) is 24.4. The standard InChI is InChI=1S/C33H34FN5O2S/c1-21-7-6-8-24(17-21)35-33(42)37-31-32(41)39(20-29(40)38-18-22-13-14-23(19-38)16-15-22)28-12-5-3-10-26(28)30(36-31)25-9-2-4-11-27(25)34/h2-12,17,22-23,31H,13-16,18-20H2,1H3,(H2,35,37,42). The number of rotatable bonds is 5. The highest BCUT2D eigenvalue weighted by Crippen LogP contribution is 2.34. The summed E-state index contributed by atoms with van der Waals surface area (Å²) in [6, 6.07) is 21.3. The Morgan fingerprint density at radius 2 is 1.62 bits per heavy atom. The monoisotopic (exact) mass is 583 g/mol. The molecule has 2 saturated heterocycles. The van der Waals surface area contributed by atoms with E-state index in [2.05, 4.69) is 10.6 Å². The first kappa shape index (κ1) is 28.0. The first-order valence-electron chi connectivity index (χ1n) is 14.5. The molecule has 0 spiro atoms. The Hall–Kier alpha value is -4.11. The third kappa shape index (κ3) is 5.92. The summed E-state index contributed by atoms with van der Waals surface area (Å²) >= 11 is 5.59. The Morgan fingerprint density at radius 3 is 2.31 bits per heavy atom. The number of hydrogen-bond donors (Lipinski definition) is 2. The first-order chi connectivity index (χ1) is 20.4. The number of anilines is 2. The molecule has 7 rings (SSSR count). The van der Waals surface area contributed by atoms with E-state index in [1.165, 1.54) is 11.0 Å². The maximum atomic E-state index is 15.2. The van der Waals surface area contributed by atoms with Crippen LogP contribution in [-0.2, 0) is 9.59 Å². The average molecular weight is 584 g/mol. The molecule has 216 valence electrons. The van der Waals surface area contributed by atoms with E-state index >= 15 is 4.39 Å². The topological polar surface area (TPSA) is 77.0 Å². The maximum absolute atomic E-state index is 15.2. The highest BCUT2D eigenvalue weighted by Gasteiger charge is 2.37. The molecule has 2 amide bonds. The van der Waals surface area contributed by atoms with Crippen LogP contribution in [0.2, 0.25) is 0 Å². The van der Waals surface area contributed by atoms with Gasteiger partial charge < -0.3 is 15.5 Å². The van der Waals surface area contributed by atoms with Gasteiger partial charge in [-0.05, 0) is 92.6 Å². The average Bonchev–Trinajstić information content (AvgIpc) is 3.37. The van der Waals surface area contributed by atoms with Crippen LogP contribution >= 0.6 is 12.2 Å². The minimum absolute atomic E-state index is 0.0921. The molecule has 3 fully saturated rings. The Labute approximate surface area is 250 Å². The van der Waals surface area contributed by atoms with Crippen molar-refractivity contribution in [2.24, 2.45) is 16.8 Å². The number of nitrogens with one attached hydrogen (secondary N) is 2. The van der Waals surface area contributed by atoms with Gasteiger partial charge in [-0.15, -0.1) is 0 Å². The SMILES string of the molecule is Cc1cccc(NC(=S)NC2N=C(c3ccccc3F)c3ccccc3N(CC(=O)N3CC4CCC(CC4)C3)C2=O)c1. The van der Waals surface area contributed by atoms with Crippen molar-refractivity contribution in [3.05, 3.63) is 95.3 Å². The summed E-state index contributed by atoms with van der Waals surface area (Å²) in [6.45, 7) is 3.29. The lowest BCUT2D eigenvalue weighted by molar-refractivity contribution is -0.132. The van der Waals surface area contributed by atoms with Crippen molar-refractivity contribution in [1.82, 2.24) is 10.2 Å². The van der Waals surface area contributed by atoms with Crippen LogP contribution in [0, 0.1) is 24.6 Å². The Morgan fingerprint density at radius 1 is 0.952 bits per heavy atom. The van der Waals surface area contributed by atoms with E-state index < -0.39 is 17.9 Å². The van der Waals surface area contributed by atoms with Crippen LogP contribution in [0.3, 0.4) is 0 Å². The summed E-state index contributed by atoms with van der Waals surface area (Å²) in [5.41, 5.74) is 3.47. The molecule has 1 saturated carbocycles. The number of aryl methyl sites for hydroxylation is 1. The number of carbonyl (C=O) groups is 2. The largest absolute Gasteiger partial charge is 0.341 e. The second-order valence-corrected chi connectivity index (χ2v) is 11.9. The molecule has 0 radical (unpaired) electrons. The summed E-state index contributed by atoms with van der Waals surface area (Å²) in [5.74, 6) is 0.0340. The molecule has 42 heavy (non-hydrogen) atoms. The zero-order chi connectivity index (χ0) is 29.2. The predicted octanol–water partition coefficient (Wildman–Crippen LogP) is 5.28. The van der Waals surface area contributed by atoms with Gasteiger partial charge >= 0.3 is 0 Å². The molecule has 3 aliphatic heterocycles. The number of benzene rings is 3.